The number of nitrogens with two attached hydrogens (primary N) is 1. The number of hydrogen-bond donors (Lipinski definition) is 2. The van der Waals surface area contributed by atoms with Crippen molar-refractivity contribution in [2.75, 3.05) is 11.9 Å². The second kappa shape index (κ2) is 4.50. The molecule has 1 aromatic rings. The highest BCUT2D eigenvalue weighted by atomic mass is 32.1. The van der Waals surface area contributed by atoms with Crippen LogP contribution in [0.25, 0.3) is 0 Å². The van der Waals surface area contributed by atoms with Gasteiger partial charge in [-0.2, -0.15) is 0 Å². The Bertz CT molecular complexity index is 498. The van der Waals surface area contributed by atoms with E-state index < -0.39 is 0 Å². The highest BCUT2D eigenvalue weighted by molar-refractivity contribution is 7.80. The average Bonchev–Trinajstić information content (AvgIpc) is 2.87. The van der Waals surface area contributed by atoms with Crippen LogP contribution >= 0.6 is 12.2 Å². The molecule has 1 fully saturated rings. The number of nitrogens with one attached hydrogen (secondary N) is 1. The molecule has 1 aromatic heterocycles. The summed E-state index contributed by atoms with van der Waals surface area (Å²) in [5.74, 6) is 2.53. The molecular weight excluding hydrogens is 242 g/mol. The van der Waals surface area contributed by atoms with Gasteiger partial charge in [-0.25, -0.2) is 4.98 Å². The minimum absolute atomic E-state index is 0.448. The van der Waals surface area contributed by atoms with E-state index in [1.807, 2.05) is 0 Å². The number of fused-ring (bicyclic) bond motifs is 1. The summed E-state index contributed by atoms with van der Waals surface area (Å²) in [7, 11) is 0. The first-order chi connectivity index (χ1) is 8.65. The minimum Gasteiger partial charge on any atom is -0.389 e. The van der Waals surface area contributed by atoms with Gasteiger partial charge in [-0.1, -0.05) is 19.1 Å². The van der Waals surface area contributed by atoms with Crippen LogP contribution in [-0.2, 0) is 12.8 Å². The van der Waals surface area contributed by atoms with Crippen LogP contribution in [0, 0.1) is 11.8 Å². The van der Waals surface area contributed by atoms with Crippen LogP contribution in [-0.4, -0.2) is 16.5 Å². The molecule has 0 bridgehead atoms. The summed E-state index contributed by atoms with van der Waals surface area (Å²) in [6.45, 7) is 3.28. The third-order valence-electron chi connectivity index (χ3n) is 4.12. The number of thiocarbonyl (C=S) groups is 1. The monoisotopic (exact) mass is 261 g/mol. The van der Waals surface area contributed by atoms with Crippen molar-refractivity contribution < 1.29 is 0 Å². The Kier molecular flexibility index (Phi) is 2.98. The normalized spacial score (nSPS) is 24.7. The zero-order valence-corrected chi connectivity index (χ0v) is 11.5. The summed E-state index contributed by atoms with van der Waals surface area (Å²) in [6, 6.07) is 2.14. The third kappa shape index (κ3) is 2.21. The molecule has 0 amide bonds. The van der Waals surface area contributed by atoms with E-state index in [9.17, 15) is 0 Å². The highest BCUT2D eigenvalue weighted by Gasteiger charge is 2.32. The number of anilines is 1. The highest BCUT2D eigenvalue weighted by Crippen LogP contribution is 2.37. The van der Waals surface area contributed by atoms with Gasteiger partial charge in [0.1, 0.15) is 10.8 Å². The van der Waals surface area contributed by atoms with E-state index in [0.29, 0.717) is 4.99 Å². The van der Waals surface area contributed by atoms with Crippen molar-refractivity contribution in [3.8, 4) is 0 Å². The van der Waals surface area contributed by atoms with Crippen LogP contribution < -0.4 is 11.1 Å². The summed E-state index contributed by atoms with van der Waals surface area (Å²) in [6.07, 6.45) is 4.71. The van der Waals surface area contributed by atoms with E-state index in [0.717, 1.165) is 42.6 Å². The number of hydrogen-bond acceptors (Lipinski definition) is 3. The number of pyridine rings is 1. The smallest absolute Gasteiger partial charge is 0.136 e. The standard InChI is InChI=1S/C14H19N3S/c1-8-5-10(8)7-16-14-11(13(15)18)6-9-3-2-4-12(9)17-14/h6,8,10H,2-5,7H2,1H3,(H2,15,18)(H,16,17). The molecule has 3 nitrogen and oxygen atoms in total. The minimum atomic E-state index is 0.448. The lowest BCUT2D eigenvalue weighted by molar-refractivity contribution is 0.783. The Morgan fingerprint density at radius 2 is 2.33 bits per heavy atom. The second-order valence-corrected chi connectivity index (χ2v) is 6.00. The maximum atomic E-state index is 5.81. The molecule has 0 spiro atoms. The lowest BCUT2D eigenvalue weighted by Crippen LogP contribution is -2.17. The first-order valence-electron chi connectivity index (χ1n) is 6.71. The van der Waals surface area contributed by atoms with Crippen LogP contribution in [0.15, 0.2) is 6.07 Å². The molecule has 0 saturated heterocycles. The summed E-state index contributed by atoms with van der Waals surface area (Å²) >= 11 is 5.14. The van der Waals surface area contributed by atoms with Gasteiger partial charge in [-0.15, -0.1) is 0 Å². The largest absolute Gasteiger partial charge is 0.389 e. The molecule has 2 aliphatic carbocycles. The molecule has 3 N–H and O–H groups in total. The van der Waals surface area contributed by atoms with Crippen molar-refractivity contribution in [2.45, 2.75) is 32.6 Å². The van der Waals surface area contributed by atoms with Gasteiger partial charge in [0.05, 0.1) is 5.56 Å². The molecule has 2 unspecified atom stereocenters. The van der Waals surface area contributed by atoms with E-state index in [1.165, 1.54) is 24.1 Å². The Labute approximate surface area is 113 Å². The van der Waals surface area contributed by atoms with E-state index in [1.54, 1.807) is 0 Å². The molecule has 96 valence electrons. The van der Waals surface area contributed by atoms with Gasteiger partial charge >= 0.3 is 0 Å². The van der Waals surface area contributed by atoms with Crippen molar-refractivity contribution in [3.05, 3.63) is 22.9 Å². The van der Waals surface area contributed by atoms with E-state index in [4.69, 9.17) is 22.9 Å². The zero-order valence-electron chi connectivity index (χ0n) is 10.7. The molecule has 3 rings (SSSR count). The second-order valence-electron chi connectivity index (χ2n) is 5.56. The maximum Gasteiger partial charge on any atom is 0.136 e. The van der Waals surface area contributed by atoms with Crippen LogP contribution in [0.5, 0.6) is 0 Å². The Morgan fingerprint density at radius 1 is 1.56 bits per heavy atom. The SMILES string of the molecule is CC1CC1CNc1nc2c(cc1C(N)=S)CCC2. The summed E-state index contributed by atoms with van der Waals surface area (Å²) < 4.78 is 0. The van der Waals surface area contributed by atoms with Gasteiger partial charge in [0, 0.05) is 12.2 Å². The molecule has 4 heteroatoms. The first kappa shape index (κ1) is 11.9. The summed E-state index contributed by atoms with van der Waals surface area (Å²) in [4.78, 5) is 5.17. The predicted molar refractivity (Wildman–Crippen MR) is 77.9 cm³/mol. The van der Waals surface area contributed by atoms with Crippen molar-refractivity contribution in [2.24, 2.45) is 17.6 Å². The van der Waals surface area contributed by atoms with Crippen LogP contribution in [0.3, 0.4) is 0 Å². The van der Waals surface area contributed by atoms with Gasteiger partial charge in [-0.05, 0) is 49.1 Å². The van der Waals surface area contributed by atoms with Gasteiger partial charge in [0.15, 0.2) is 0 Å². The summed E-state index contributed by atoms with van der Waals surface area (Å²) in [5, 5.41) is 3.44. The Balaban J connectivity index is 1.84. The third-order valence-corrected chi connectivity index (χ3v) is 4.34. The fraction of sp³-hybridized carbons (Fsp3) is 0.571. The number of nitrogens with zero attached hydrogens (tertiary/aromatic N) is 1. The predicted octanol–water partition coefficient (Wildman–Crippen LogP) is 2.27. The van der Waals surface area contributed by atoms with Gasteiger partial charge in [0.2, 0.25) is 0 Å². The average molecular weight is 261 g/mol. The molecule has 0 radical (unpaired) electrons. The molecule has 2 aliphatic rings. The Hall–Kier alpha value is -1.16. The van der Waals surface area contributed by atoms with Crippen molar-refractivity contribution >= 4 is 23.0 Å². The van der Waals surface area contributed by atoms with Gasteiger partial charge in [0.25, 0.3) is 0 Å². The molecule has 18 heavy (non-hydrogen) atoms. The lowest BCUT2D eigenvalue weighted by atomic mass is 10.1. The quantitative estimate of drug-likeness (QED) is 0.816. The zero-order chi connectivity index (χ0) is 12.7. The first-order valence-corrected chi connectivity index (χ1v) is 7.12. The van der Waals surface area contributed by atoms with Crippen LogP contribution in [0.1, 0.15) is 36.6 Å². The molecule has 2 atom stereocenters. The van der Waals surface area contributed by atoms with Crippen LogP contribution in [0.2, 0.25) is 0 Å². The number of aromatic nitrogens is 1. The van der Waals surface area contributed by atoms with E-state index >= 15 is 0 Å². The molecular formula is C14H19N3S. The number of aryl methyl sites for hydroxylation is 2. The molecule has 1 saturated carbocycles. The molecule has 0 aliphatic heterocycles. The maximum absolute atomic E-state index is 5.81. The number of rotatable bonds is 4. The lowest BCUT2D eigenvalue weighted by Gasteiger charge is -2.12. The van der Waals surface area contributed by atoms with E-state index in [2.05, 4.69) is 18.3 Å². The van der Waals surface area contributed by atoms with Gasteiger partial charge < -0.3 is 11.1 Å². The topological polar surface area (TPSA) is 50.9 Å². The summed E-state index contributed by atoms with van der Waals surface area (Å²) in [5.41, 5.74) is 9.27. The van der Waals surface area contributed by atoms with Crippen molar-refractivity contribution in [3.63, 3.8) is 0 Å². The van der Waals surface area contributed by atoms with Crippen LogP contribution in [0.4, 0.5) is 5.82 Å². The fourth-order valence-corrected chi connectivity index (χ4v) is 2.86. The fourth-order valence-electron chi connectivity index (χ4n) is 2.71. The van der Waals surface area contributed by atoms with Gasteiger partial charge in [-0.3, -0.25) is 0 Å². The van der Waals surface area contributed by atoms with Crippen molar-refractivity contribution in [1.82, 2.24) is 4.98 Å². The Morgan fingerprint density at radius 3 is 3.00 bits per heavy atom. The molecule has 1 heterocycles. The van der Waals surface area contributed by atoms with Crippen molar-refractivity contribution in [1.29, 1.82) is 0 Å². The van der Waals surface area contributed by atoms with E-state index in [-0.39, 0.29) is 0 Å². The molecule has 0 aromatic carbocycles.